The number of ether oxygens (including phenoxy) is 2. The molecule has 0 aromatic heterocycles. The molecule has 2 aliphatic heterocycles. The average Bonchev–Trinajstić information content (AvgIpc) is 2.59. The van der Waals surface area contributed by atoms with Crippen LogP contribution in [-0.2, 0) is 4.74 Å². The number of rotatable bonds is 5. The Balaban J connectivity index is 1.56. The molecule has 4 heteroatoms. The van der Waals surface area contributed by atoms with E-state index in [1.54, 1.807) is 12.1 Å². The summed E-state index contributed by atoms with van der Waals surface area (Å²) in [4.78, 5) is 12.4. The molecule has 0 amide bonds. The van der Waals surface area contributed by atoms with Crippen molar-refractivity contribution >= 4 is 5.97 Å². The number of quaternary nitrogens is 1. The van der Waals surface area contributed by atoms with Gasteiger partial charge in [-0.2, -0.15) is 0 Å². The maximum Gasteiger partial charge on any atom is 0.338 e. The first-order valence-electron chi connectivity index (χ1n) is 9.76. The van der Waals surface area contributed by atoms with Gasteiger partial charge in [0.25, 0.3) is 0 Å². The molecule has 4 nitrogen and oxygen atoms in total. The summed E-state index contributed by atoms with van der Waals surface area (Å²) in [5.41, 5.74) is 0.604. The lowest BCUT2D eigenvalue weighted by Gasteiger charge is -2.51. The number of carbonyl (C=O) groups is 1. The Kier molecular flexibility index (Phi) is 5.67. The predicted molar refractivity (Wildman–Crippen MR) is 98.8 cm³/mol. The molecule has 1 aromatic carbocycles. The average molecular weight is 346 g/mol. The van der Waals surface area contributed by atoms with E-state index in [1.807, 2.05) is 26.0 Å². The summed E-state index contributed by atoms with van der Waals surface area (Å²) < 4.78 is 12.5. The second-order valence-electron chi connectivity index (χ2n) is 8.18. The van der Waals surface area contributed by atoms with Crippen molar-refractivity contribution in [2.45, 2.75) is 58.1 Å². The van der Waals surface area contributed by atoms with E-state index in [-0.39, 0.29) is 12.1 Å². The third-order valence-electron chi connectivity index (χ3n) is 5.90. The maximum absolute atomic E-state index is 12.4. The van der Waals surface area contributed by atoms with Gasteiger partial charge in [0.1, 0.15) is 12.4 Å². The van der Waals surface area contributed by atoms with Crippen LogP contribution >= 0.6 is 0 Å². The Morgan fingerprint density at radius 1 is 1.12 bits per heavy atom. The van der Waals surface area contributed by atoms with Gasteiger partial charge in [-0.05, 0) is 63.8 Å². The Morgan fingerprint density at radius 3 is 2.56 bits per heavy atom. The van der Waals surface area contributed by atoms with Gasteiger partial charge in [-0.25, -0.2) is 4.79 Å². The number of fused-ring (bicyclic) bond motifs is 1. The zero-order valence-corrected chi connectivity index (χ0v) is 15.9. The summed E-state index contributed by atoms with van der Waals surface area (Å²) >= 11 is 0. The van der Waals surface area contributed by atoms with Crippen molar-refractivity contribution in [1.29, 1.82) is 0 Å². The summed E-state index contributed by atoms with van der Waals surface area (Å²) in [6.07, 6.45) is 6.50. The summed E-state index contributed by atoms with van der Waals surface area (Å²) in [5, 5.41) is 0. The van der Waals surface area contributed by atoms with Crippen LogP contribution in [0.25, 0.3) is 0 Å². The molecule has 0 aliphatic carbocycles. The number of carbonyl (C=O) groups excluding carboxylic acids is 1. The molecule has 3 atom stereocenters. The first kappa shape index (κ1) is 18.2. The molecule has 2 aliphatic rings. The van der Waals surface area contributed by atoms with E-state index in [0.717, 1.165) is 5.75 Å². The maximum atomic E-state index is 12.4. The SMILES string of the molecule is CC(C)Oc1ccc(C(=O)OC[C@H]2CCC[N+]3(C)CCCC[C@H]23)cc1. The van der Waals surface area contributed by atoms with Gasteiger partial charge in [-0.3, -0.25) is 0 Å². The molecule has 2 heterocycles. The zero-order valence-electron chi connectivity index (χ0n) is 15.9. The smallest absolute Gasteiger partial charge is 0.338 e. The number of hydrogen-bond donors (Lipinski definition) is 0. The van der Waals surface area contributed by atoms with Gasteiger partial charge < -0.3 is 14.0 Å². The molecule has 0 bridgehead atoms. The standard InChI is InChI=1S/C21H32NO3/c1-16(2)25-19-11-9-17(10-12-19)21(23)24-15-18-7-6-14-22(3)13-5-4-8-20(18)22/h9-12,16,18,20H,4-8,13-15H2,1-3H3/q+1/t18-,20-,22?/m1/s1. The van der Waals surface area contributed by atoms with Crippen LogP contribution < -0.4 is 4.74 Å². The summed E-state index contributed by atoms with van der Waals surface area (Å²) in [6.45, 7) is 7.11. The fraction of sp³-hybridized carbons (Fsp3) is 0.667. The molecule has 3 rings (SSSR count). The van der Waals surface area contributed by atoms with E-state index in [1.165, 1.54) is 49.7 Å². The van der Waals surface area contributed by atoms with Gasteiger partial charge >= 0.3 is 5.97 Å². The topological polar surface area (TPSA) is 35.5 Å². The minimum Gasteiger partial charge on any atom is -0.491 e. The molecule has 0 N–H and O–H groups in total. The van der Waals surface area contributed by atoms with Gasteiger partial charge in [0.15, 0.2) is 0 Å². The minimum absolute atomic E-state index is 0.132. The van der Waals surface area contributed by atoms with Crippen LogP contribution in [0.4, 0.5) is 0 Å². The molecular weight excluding hydrogens is 314 g/mol. The van der Waals surface area contributed by atoms with Crippen molar-refractivity contribution in [2.75, 3.05) is 26.7 Å². The number of piperidine rings is 2. The Hall–Kier alpha value is -1.55. The van der Waals surface area contributed by atoms with E-state index < -0.39 is 0 Å². The molecule has 2 fully saturated rings. The number of hydrogen-bond acceptors (Lipinski definition) is 3. The van der Waals surface area contributed by atoms with E-state index in [0.29, 0.717) is 24.1 Å². The van der Waals surface area contributed by atoms with Crippen molar-refractivity contribution in [1.82, 2.24) is 0 Å². The molecule has 138 valence electrons. The molecule has 0 radical (unpaired) electrons. The van der Waals surface area contributed by atoms with Gasteiger partial charge in [-0.15, -0.1) is 0 Å². The normalized spacial score (nSPS) is 29.1. The van der Waals surface area contributed by atoms with Crippen LogP contribution in [-0.4, -0.2) is 49.3 Å². The van der Waals surface area contributed by atoms with Gasteiger partial charge in [0, 0.05) is 12.3 Å². The number of nitrogens with zero attached hydrogens (tertiary/aromatic N) is 1. The largest absolute Gasteiger partial charge is 0.491 e. The third-order valence-corrected chi connectivity index (χ3v) is 5.90. The van der Waals surface area contributed by atoms with Gasteiger partial charge in [0.05, 0.1) is 37.8 Å². The molecule has 2 saturated heterocycles. The Labute approximate surface area is 151 Å². The van der Waals surface area contributed by atoms with E-state index >= 15 is 0 Å². The zero-order chi connectivity index (χ0) is 17.9. The molecule has 1 unspecified atom stereocenters. The Morgan fingerprint density at radius 2 is 1.84 bits per heavy atom. The summed E-state index contributed by atoms with van der Waals surface area (Å²) in [5.74, 6) is 1.08. The monoisotopic (exact) mass is 346 g/mol. The van der Waals surface area contributed by atoms with Crippen molar-refractivity contribution in [3.63, 3.8) is 0 Å². The van der Waals surface area contributed by atoms with Crippen molar-refractivity contribution in [3.8, 4) is 5.75 Å². The van der Waals surface area contributed by atoms with Crippen LogP contribution in [0.2, 0.25) is 0 Å². The molecule has 0 spiro atoms. The Bertz CT molecular complexity index is 579. The number of benzene rings is 1. The highest BCUT2D eigenvalue weighted by Crippen LogP contribution is 2.36. The van der Waals surface area contributed by atoms with Crippen molar-refractivity contribution < 1.29 is 18.8 Å². The van der Waals surface area contributed by atoms with Crippen LogP contribution in [0.5, 0.6) is 5.75 Å². The van der Waals surface area contributed by atoms with E-state index in [9.17, 15) is 4.79 Å². The van der Waals surface area contributed by atoms with Crippen LogP contribution in [0.3, 0.4) is 0 Å². The van der Waals surface area contributed by atoms with Gasteiger partial charge in [-0.1, -0.05) is 0 Å². The molecule has 0 saturated carbocycles. The van der Waals surface area contributed by atoms with E-state index in [2.05, 4.69) is 7.05 Å². The quantitative estimate of drug-likeness (QED) is 0.596. The molecule has 25 heavy (non-hydrogen) atoms. The second-order valence-corrected chi connectivity index (χ2v) is 8.18. The molecular formula is C21H32NO3+. The van der Waals surface area contributed by atoms with Gasteiger partial charge in [0.2, 0.25) is 0 Å². The van der Waals surface area contributed by atoms with Crippen LogP contribution in [0, 0.1) is 5.92 Å². The summed E-state index contributed by atoms with van der Waals surface area (Å²) in [7, 11) is 2.39. The highest BCUT2D eigenvalue weighted by molar-refractivity contribution is 5.89. The predicted octanol–water partition coefficient (Wildman–Crippen LogP) is 4.04. The second kappa shape index (κ2) is 7.77. The number of esters is 1. The highest BCUT2D eigenvalue weighted by atomic mass is 16.5. The summed E-state index contributed by atoms with van der Waals surface area (Å²) in [6, 6.07) is 7.93. The van der Waals surface area contributed by atoms with Crippen molar-refractivity contribution in [2.24, 2.45) is 5.92 Å². The fourth-order valence-corrected chi connectivity index (χ4v) is 4.64. The lowest BCUT2D eigenvalue weighted by Crippen LogP contribution is -2.61. The lowest BCUT2D eigenvalue weighted by atomic mass is 9.82. The lowest BCUT2D eigenvalue weighted by molar-refractivity contribution is -0.947. The van der Waals surface area contributed by atoms with E-state index in [4.69, 9.17) is 9.47 Å². The highest BCUT2D eigenvalue weighted by Gasteiger charge is 2.43. The van der Waals surface area contributed by atoms with Crippen molar-refractivity contribution in [3.05, 3.63) is 29.8 Å². The van der Waals surface area contributed by atoms with Crippen LogP contribution in [0.1, 0.15) is 56.3 Å². The first-order valence-corrected chi connectivity index (χ1v) is 9.76. The first-order chi connectivity index (χ1) is 12.0. The van der Waals surface area contributed by atoms with Crippen LogP contribution in [0.15, 0.2) is 24.3 Å². The fourth-order valence-electron chi connectivity index (χ4n) is 4.64. The molecule has 1 aromatic rings. The minimum atomic E-state index is -0.216. The third kappa shape index (κ3) is 4.35.